The van der Waals surface area contributed by atoms with Gasteiger partial charge in [0.05, 0.1) is 18.6 Å². The molecule has 0 fully saturated rings. The summed E-state index contributed by atoms with van der Waals surface area (Å²) in [5.74, 6) is -1.23. The molecular formula is C13H18N2O5S. The number of carbonyl (C=O) groups is 2. The minimum Gasteiger partial charge on any atom is -0.469 e. The molecule has 0 bridgehead atoms. The molecule has 0 atom stereocenters. The number of methoxy groups -OCH3 is 1. The Balaban J connectivity index is 2.71. The van der Waals surface area contributed by atoms with Crippen LogP contribution >= 0.6 is 0 Å². The highest BCUT2D eigenvalue weighted by molar-refractivity contribution is 7.92. The van der Waals surface area contributed by atoms with Crippen LogP contribution in [0.1, 0.15) is 28.8 Å². The average Bonchev–Trinajstić information content (AvgIpc) is 2.40. The second-order valence-electron chi connectivity index (χ2n) is 4.49. The van der Waals surface area contributed by atoms with Crippen molar-refractivity contribution >= 4 is 27.6 Å². The molecule has 0 saturated heterocycles. The zero-order valence-electron chi connectivity index (χ0n) is 11.9. The zero-order chi connectivity index (χ0) is 16.0. The van der Waals surface area contributed by atoms with Crippen LogP contribution in [-0.2, 0) is 19.6 Å². The van der Waals surface area contributed by atoms with E-state index in [0.717, 1.165) is 0 Å². The third-order valence-corrected chi connectivity index (χ3v) is 4.16. The first kappa shape index (κ1) is 17.0. The summed E-state index contributed by atoms with van der Waals surface area (Å²) >= 11 is 0. The number of rotatable bonds is 7. The zero-order valence-corrected chi connectivity index (χ0v) is 12.7. The summed E-state index contributed by atoms with van der Waals surface area (Å²) in [4.78, 5) is 22.0. The van der Waals surface area contributed by atoms with Gasteiger partial charge in [0.2, 0.25) is 15.9 Å². The van der Waals surface area contributed by atoms with Crippen LogP contribution in [-0.4, -0.2) is 33.2 Å². The van der Waals surface area contributed by atoms with E-state index < -0.39 is 21.9 Å². The molecule has 7 nitrogen and oxygen atoms in total. The van der Waals surface area contributed by atoms with Crippen LogP contribution in [0.15, 0.2) is 18.2 Å². The minimum atomic E-state index is -3.57. The largest absolute Gasteiger partial charge is 0.469 e. The Labute approximate surface area is 123 Å². The molecule has 0 unspecified atom stereocenters. The number of nitrogens with two attached hydrogens (primary N) is 1. The molecule has 1 aromatic carbocycles. The Hall–Kier alpha value is -2.09. The number of aryl methyl sites for hydroxylation is 1. The van der Waals surface area contributed by atoms with E-state index in [-0.39, 0.29) is 18.6 Å². The van der Waals surface area contributed by atoms with Crippen molar-refractivity contribution in [3.63, 3.8) is 0 Å². The quantitative estimate of drug-likeness (QED) is 0.722. The van der Waals surface area contributed by atoms with E-state index >= 15 is 0 Å². The standard InChI is InChI=1S/C13H18N2O5S/c1-9-8-10(13(14)17)5-6-11(9)15-21(18,19)7-3-4-12(16)20-2/h5-6,8,15H,3-4,7H2,1-2H3,(H2,14,17). The molecule has 1 amide bonds. The van der Waals surface area contributed by atoms with Crippen molar-refractivity contribution in [3.8, 4) is 0 Å². The Morgan fingerprint density at radius 3 is 2.52 bits per heavy atom. The molecule has 0 heterocycles. The number of ether oxygens (including phenoxy) is 1. The Morgan fingerprint density at radius 2 is 2.00 bits per heavy atom. The molecule has 0 aromatic heterocycles. The van der Waals surface area contributed by atoms with Gasteiger partial charge in [-0.05, 0) is 37.1 Å². The smallest absolute Gasteiger partial charge is 0.305 e. The Kier molecular flexibility index (Phi) is 5.71. The fraction of sp³-hybridized carbons (Fsp3) is 0.385. The first-order valence-electron chi connectivity index (χ1n) is 6.23. The van der Waals surface area contributed by atoms with Gasteiger partial charge in [-0.1, -0.05) is 0 Å². The summed E-state index contributed by atoms with van der Waals surface area (Å²) in [6, 6.07) is 4.43. The number of amides is 1. The Bertz CT molecular complexity index is 640. The molecule has 0 aliphatic carbocycles. The molecule has 3 N–H and O–H groups in total. The van der Waals surface area contributed by atoms with Gasteiger partial charge in [0.15, 0.2) is 0 Å². The summed E-state index contributed by atoms with van der Waals surface area (Å²) in [5.41, 5.74) is 6.41. The van der Waals surface area contributed by atoms with Gasteiger partial charge in [-0.3, -0.25) is 14.3 Å². The molecule has 1 rings (SSSR count). The number of hydrogen-bond donors (Lipinski definition) is 2. The normalized spacial score (nSPS) is 11.0. The van der Waals surface area contributed by atoms with Crippen LogP contribution in [0.5, 0.6) is 0 Å². The molecule has 116 valence electrons. The van der Waals surface area contributed by atoms with Crippen molar-refractivity contribution in [2.75, 3.05) is 17.6 Å². The van der Waals surface area contributed by atoms with Gasteiger partial charge in [0, 0.05) is 12.0 Å². The van der Waals surface area contributed by atoms with Gasteiger partial charge < -0.3 is 10.5 Å². The molecule has 0 radical (unpaired) electrons. The maximum Gasteiger partial charge on any atom is 0.305 e. The van der Waals surface area contributed by atoms with Crippen molar-refractivity contribution in [2.24, 2.45) is 5.73 Å². The van der Waals surface area contributed by atoms with Gasteiger partial charge in [-0.25, -0.2) is 8.42 Å². The summed E-state index contributed by atoms with van der Waals surface area (Å²) in [6.45, 7) is 1.67. The van der Waals surface area contributed by atoms with Crippen LogP contribution in [0.3, 0.4) is 0 Å². The summed E-state index contributed by atoms with van der Waals surface area (Å²) in [5, 5.41) is 0. The van der Waals surface area contributed by atoms with Crippen molar-refractivity contribution in [1.82, 2.24) is 0 Å². The van der Waals surface area contributed by atoms with E-state index in [1.54, 1.807) is 6.92 Å². The maximum atomic E-state index is 11.9. The molecule has 1 aromatic rings. The van der Waals surface area contributed by atoms with E-state index in [1.165, 1.54) is 25.3 Å². The first-order valence-corrected chi connectivity index (χ1v) is 7.88. The molecular weight excluding hydrogens is 296 g/mol. The number of nitrogens with one attached hydrogen (secondary N) is 1. The van der Waals surface area contributed by atoms with Gasteiger partial charge in [0.25, 0.3) is 0 Å². The van der Waals surface area contributed by atoms with Gasteiger partial charge in [0.1, 0.15) is 0 Å². The van der Waals surface area contributed by atoms with E-state index in [1.807, 2.05) is 0 Å². The highest BCUT2D eigenvalue weighted by Gasteiger charge is 2.14. The third-order valence-electron chi connectivity index (χ3n) is 2.80. The fourth-order valence-electron chi connectivity index (χ4n) is 1.66. The average molecular weight is 314 g/mol. The van der Waals surface area contributed by atoms with Gasteiger partial charge >= 0.3 is 5.97 Å². The third kappa shape index (κ3) is 5.42. The second-order valence-corrected chi connectivity index (χ2v) is 6.34. The number of esters is 1. The summed E-state index contributed by atoms with van der Waals surface area (Å²) < 4.78 is 30.6. The highest BCUT2D eigenvalue weighted by atomic mass is 32.2. The lowest BCUT2D eigenvalue weighted by atomic mass is 10.1. The number of sulfonamides is 1. The SMILES string of the molecule is COC(=O)CCCS(=O)(=O)Nc1ccc(C(N)=O)cc1C. The Morgan fingerprint density at radius 1 is 1.33 bits per heavy atom. The van der Waals surface area contributed by atoms with Gasteiger partial charge in [-0.2, -0.15) is 0 Å². The van der Waals surface area contributed by atoms with Crippen LogP contribution in [0.25, 0.3) is 0 Å². The molecule has 8 heteroatoms. The van der Waals surface area contributed by atoms with Gasteiger partial charge in [-0.15, -0.1) is 0 Å². The lowest BCUT2D eigenvalue weighted by molar-refractivity contribution is -0.140. The minimum absolute atomic E-state index is 0.0387. The number of primary amides is 1. The van der Waals surface area contributed by atoms with Crippen molar-refractivity contribution in [2.45, 2.75) is 19.8 Å². The van der Waals surface area contributed by atoms with Crippen molar-refractivity contribution in [1.29, 1.82) is 0 Å². The van der Waals surface area contributed by atoms with Crippen LogP contribution in [0.2, 0.25) is 0 Å². The van der Waals surface area contributed by atoms with Crippen LogP contribution in [0, 0.1) is 6.92 Å². The molecule has 0 aliphatic heterocycles. The molecule has 21 heavy (non-hydrogen) atoms. The first-order chi connectivity index (χ1) is 9.75. The number of anilines is 1. The predicted octanol–water partition coefficient (Wildman–Crippen LogP) is 0.789. The topological polar surface area (TPSA) is 116 Å². The predicted molar refractivity (Wildman–Crippen MR) is 78.4 cm³/mol. The number of benzene rings is 1. The lowest BCUT2D eigenvalue weighted by Gasteiger charge is -2.11. The lowest BCUT2D eigenvalue weighted by Crippen LogP contribution is -2.19. The summed E-state index contributed by atoms with van der Waals surface area (Å²) in [6.07, 6.45) is 0.206. The number of hydrogen-bond acceptors (Lipinski definition) is 5. The van der Waals surface area contributed by atoms with Crippen molar-refractivity contribution < 1.29 is 22.7 Å². The van der Waals surface area contributed by atoms with Crippen molar-refractivity contribution in [3.05, 3.63) is 29.3 Å². The second kappa shape index (κ2) is 7.07. The maximum absolute atomic E-state index is 11.9. The fourth-order valence-corrected chi connectivity index (χ4v) is 2.85. The van der Waals surface area contributed by atoms with Crippen LogP contribution in [0.4, 0.5) is 5.69 Å². The molecule has 0 saturated carbocycles. The molecule has 0 aliphatic rings. The monoisotopic (exact) mass is 314 g/mol. The van der Waals surface area contributed by atoms with E-state index in [2.05, 4.69) is 9.46 Å². The summed E-state index contributed by atoms with van der Waals surface area (Å²) in [7, 11) is -2.32. The van der Waals surface area contributed by atoms with Crippen LogP contribution < -0.4 is 10.5 Å². The molecule has 0 spiro atoms. The van der Waals surface area contributed by atoms with E-state index in [0.29, 0.717) is 16.8 Å². The number of carbonyl (C=O) groups excluding carboxylic acids is 2. The van der Waals surface area contributed by atoms with E-state index in [4.69, 9.17) is 5.73 Å². The van der Waals surface area contributed by atoms with E-state index in [9.17, 15) is 18.0 Å². The highest BCUT2D eigenvalue weighted by Crippen LogP contribution is 2.18.